The van der Waals surface area contributed by atoms with Crippen LogP contribution in [0.2, 0.25) is 0 Å². The first kappa shape index (κ1) is 25.8. The van der Waals surface area contributed by atoms with Gasteiger partial charge in [0.1, 0.15) is 5.75 Å². The van der Waals surface area contributed by atoms with Crippen molar-refractivity contribution in [3.63, 3.8) is 0 Å². The van der Waals surface area contributed by atoms with Crippen molar-refractivity contribution in [2.24, 2.45) is 0 Å². The number of carbonyl (C=O) groups is 1. The van der Waals surface area contributed by atoms with E-state index in [9.17, 15) is 4.79 Å². The molecular weight excluding hydrogens is 472 g/mol. The van der Waals surface area contributed by atoms with E-state index in [1.54, 1.807) is 0 Å². The lowest BCUT2D eigenvalue weighted by molar-refractivity contribution is -0.131. The number of unbranched alkanes of at least 4 members (excludes halogenated alkanes) is 2. The molecule has 1 atom stereocenters. The molecule has 0 radical (unpaired) electrons. The Labute approximate surface area is 225 Å². The van der Waals surface area contributed by atoms with Crippen molar-refractivity contribution in [2.75, 3.05) is 31.1 Å². The summed E-state index contributed by atoms with van der Waals surface area (Å²) in [6.07, 6.45) is 3.72. The highest BCUT2D eigenvalue weighted by molar-refractivity contribution is 5.81. The van der Waals surface area contributed by atoms with Gasteiger partial charge >= 0.3 is 0 Å². The number of carbonyl (C=O) groups excluding carboxylic acids is 1. The maximum absolute atomic E-state index is 12.6. The molecule has 1 aromatic heterocycles. The number of rotatable bonds is 10. The van der Waals surface area contributed by atoms with Gasteiger partial charge in [-0.3, -0.25) is 4.79 Å². The summed E-state index contributed by atoms with van der Waals surface area (Å²) in [5.41, 5.74) is 4.46. The van der Waals surface area contributed by atoms with E-state index in [0.717, 1.165) is 74.6 Å². The zero-order chi connectivity index (χ0) is 26.3. The molecule has 0 bridgehead atoms. The van der Waals surface area contributed by atoms with Gasteiger partial charge in [-0.25, -0.2) is 4.98 Å². The molecule has 1 amide bonds. The Balaban J connectivity index is 1.38. The Morgan fingerprint density at radius 3 is 2.34 bits per heavy atom. The Bertz CT molecular complexity index is 1330. The summed E-state index contributed by atoms with van der Waals surface area (Å²) in [5, 5.41) is 0. The second-order valence-electron chi connectivity index (χ2n) is 10.1. The van der Waals surface area contributed by atoms with E-state index in [-0.39, 0.29) is 6.10 Å². The van der Waals surface area contributed by atoms with Crippen LogP contribution in [-0.2, 0) is 11.3 Å². The largest absolute Gasteiger partial charge is 0.483 e. The molecule has 0 N–H and O–H groups in total. The number of piperazine rings is 1. The van der Waals surface area contributed by atoms with Gasteiger partial charge in [0, 0.05) is 44.8 Å². The number of ether oxygens (including phenoxy) is 1. The normalized spacial score (nSPS) is 14.6. The minimum absolute atomic E-state index is 0.209. The summed E-state index contributed by atoms with van der Waals surface area (Å²) in [6, 6.07) is 27.0. The highest BCUT2D eigenvalue weighted by atomic mass is 16.5. The number of anilines is 1. The van der Waals surface area contributed by atoms with Gasteiger partial charge in [0.05, 0.1) is 11.0 Å². The van der Waals surface area contributed by atoms with Gasteiger partial charge < -0.3 is 19.1 Å². The molecule has 0 aliphatic carbocycles. The molecule has 1 saturated heterocycles. The van der Waals surface area contributed by atoms with Crippen LogP contribution in [0.3, 0.4) is 0 Å². The average Bonchev–Trinajstić information content (AvgIpc) is 3.32. The van der Waals surface area contributed by atoms with E-state index in [1.165, 1.54) is 11.3 Å². The zero-order valence-electron chi connectivity index (χ0n) is 22.6. The second kappa shape index (κ2) is 12.2. The number of hydrogen-bond acceptors (Lipinski definition) is 4. The lowest BCUT2D eigenvalue weighted by atomic mass is 10.1. The molecule has 6 nitrogen and oxygen atoms in total. The van der Waals surface area contributed by atoms with Gasteiger partial charge in [-0.1, -0.05) is 68.3 Å². The van der Waals surface area contributed by atoms with E-state index in [0.29, 0.717) is 12.3 Å². The lowest BCUT2D eigenvalue weighted by Gasteiger charge is -2.36. The van der Waals surface area contributed by atoms with Crippen molar-refractivity contribution in [1.29, 1.82) is 0 Å². The molecule has 5 rings (SSSR count). The first-order valence-corrected chi connectivity index (χ1v) is 13.9. The van der Waals surface area contributed by atoms with Gasteiger partial charge in [-0.2, -0.15) is 0 Å². The van der Waals surface area contributed by atoms with E-state index in [2.05, 4.69) is 65.8 Å². The first-order chi connectivity index (χ1) is 18.6. The molecular formula is C32H38N4O2. The lowest BCUT2D eigenvalue weighted by Crippen LogP contribution is -2.48. The van der Waals surface area contributed by atoms with Crippen LogP contribution in [0.15, 0.2) is 78.9 Å². The third-order valence-corrected chi connectivity index (χ3v) is 7.36. The van der Waals surface area contributed by atoms with Gasteiger partial charge in [0.15, 0.2) is 11.9 Å². The number of hydrogen-bond donors (Lipinski definition) is 0. The SMILES string of the molecule is CCCCCC(=O)N1CCN(c2ccc3nc(C(C)Oc4ccccc4)n(Cc4ccccc4)c3c2)CC1. The topological polar surface area (TPSA) is 50.6 Å². The predicted molar refractivity (Wildman–Crippen MR) is 154 cm³/mol. The molecule has 38 heavy (non-hydrogen) atoms. The Morgan fingerprint density at radius 2 is 1.63 bits per heavy atom. The standard InChI is InChI=1S/C32H38N4O2/c1-3-4-7-16-31(37)35-21-19-34(20-22-35)27-17-18-29-30(23-27)36(24-26-12-8-5-9-13-26)32(33-29)25(2)38-28-14-10-6-11-15-28/h5-6,8-15,17-18,23,25H,3-4,7,16,19-22,24H2,1-2H3. The zero-order valence-corrected chi connectivity index (χ0v) is 22.6. The van der Waals surface area contributed by atoms with Crippen molar-refractivity contribution in [2.45, 2.75) is 52.2 Å². The van der Waals surface area contributed by atoms with Crippen molar-refractivity contribution < 1.29 is 9.53 Å². The van der Waals surface area contributed by atoms with Crippen LogP contribution >= 0.6 is 0 Å². The van der Waals surface area contributed by atoms with Gasteiger partial charge in [0.2, 0.25) is 5.91 Å². The van der Waals surface area contributed by atoms with Crippen molar-refractivity contribution in [3.8, 4) is 5.75 Å². The predicted octanol–water partition coefficient (Wildman–Crippen LogP) is 6.45. The smallest absolute Gasteiger partial charge is 0.222 e. The summed E-state index contributed by atoms with van der Waals surface area (Å²) >= 11 is 0. The third-order valence-electron chi connectivity index (χ3n) is 7.36. The van der Waals surface area contributed by atoms with E-state index in [1.807, 2.05) is 41.3 Å². The molecule has 1 unspecified atom stereocenters. The second-order valence-corrected chi connectivity index (χ2v) is 10.1. The molecule has 4 aromatic rings. The molecule has 198 valence electrons. The van der Waals surface area contributed by atoms with Crippen LogP contribution in [0.25, 0.3) is 11.0 Å². The fourth-order valence-corrected chi connectivity index (χ4v) is 5.22. The van der Waals surface area contributed by atoms with Gasteiger partial charge in [-0.15, -0.1) is 0 Å². The number of amides is 1. The fraction of sp³-hybridized carbons (Fsp3) is 0.375. The maximum atomic E-state index is 12.6. The highest BCUT2D eigenvalue weighted by Crippen LogP contribution is 2.29. The first-order valence-electron chi connectivity index (χ1n) is 13.9. The van der Waals surface area contributed by atoms with Crippen molar-refractivity contribution in [3.05, 3.63) is 90.3 Å². The molecule has 0 spiro atoms. The Kier molecular flexibility index (Phi) is 8.27. The fourth-order valence-electron chi connectivity index (χ4n) is 5.22. The summed E-state index contributed by atoms with van der Waals surface area (Å²) in [6.45, 7) is 8.20. The summed E-state index contributed by atoms with van der Waals surface area (Å²) in [4.78, 5) is 22.0. The molecule has 1 aliphatic heterocycles. The van der Waals surface area contributed by atoms with Crippen LogP contribution in [0, 0.1) is 0 Å². The van der Waals surface area contributed by atoms with E-state index >= 15 is 0 Å². The number of para-hydroxylation sites is 1. The summed E-state index contributed by atoms with van der Waals surface area (Å²) in [5.74, 6) is 2.04. The van der Waals surface area contributed by atoms with Gasteiger partial charge in [-0.05, 0) is 49.2 Å². The Hall–Kier alpha value is -3.80. The third kappa shape index (κ3) is 6.01. The number of benzene rings is 3. The molecule has 3 aromatic carbocycles. The quantitative estimate of drug-likeness (QED) is 0.230. The van der Waals surface area contributed by atoms with Crippen LogP contribution in [0.1, 0.15) is 57.0 Å². The van der Waals surface area contributed by atoms with E-state index in [4.69, 9.17) is 9.72 Å². The number of imidazole rings is 1. The van der Waals surface area contributed by atoms with Crippen LogP contribution in [-0.4, -0.2) is 46.5 Å². The molecule has 2 heterocycles. The van der Waals surface area contributed by atoms with Crippen LogP contribution in [0.5, 0.6) is 5.75 Å². The van der Waals surface area contributed by atoms with E-state index < -0.39 is 0 Å². The number of aromatic nitrogens is 2. The number of fused-ring (bicyclic) bond motifs is 1. The van der Waals surface area contributed by atoms with Crippen molar-refractivity contribution in [1.82, 2.24) is 14.5 Å². The summed E-state index contributed by atoms with van der Waals surface area (Å²) in [7, 11) is 0. The number of nitrogens with zero attached hydrogens (tertiary/aromatic N) is 4. The molecule has 6 heteroatoms. The van der Waals surface area contributed by atoms with Crippen LogP contribution in [0.4, 0.5) is 5.69 Å². The van der Waals surface area contributed by atoms with Crippen LogP contribution < -0.4 is 9.64 Å². The Morgan fingerprint density at radius 1 is 0.921 bits per heavy atom. The monoisotopic (exact) mass is 510 g/mol. The highest BCUT2D eigenvalue weighted by Gasteiger charge is 2.23. The maximum Gasteiger partial charge on any atom is 0.222 e. The molecule has 1 fully saturated rings. The minimum Gasteiger partial charge on any atom is -0.483 e. The molecule has 0 saturated carbocycles. The van der Waals surface area contributed by atoms with Gasteiger partial charge in [0.25, 0.3) is 0 Å². The minimum atomic E-state index is -0.209. The average molecular weight is 511 g/mol. The molecule has 1 aliphatic rings. The summed E-state index contributed by atoms with van der Waals surface area (Å²) < 4.78 is 8.58. The van der Waals surface area contributed by atoms with Crippen molar-refractivity contribution >= 4 is 22.6 Å².